The van der Waals surface area contributed by atoms with E-state index in [4.69, 9.17) is 5.11 Å². The molecule has 2 N–H and O–H groups in total. The van der Waals surface area contributed by atoms with Gasteiger partial charge in [-0.1, -0.05) is 29.3 Å². The van der Waals surface area contributed by atoms with E-state index < -0.39 is 0 Å². The molecule has 0 fully saturated rings. The van der Waals surface area contributed by atoms with Gasteiger partial charge in [0.2, 0.25) is 5.91 Å². The molecule has 0 aliphatic rings. The fourth-order valence-electron chi connectivity index (χ4n) is 1.52. The van der Waals surface area contributed by atoms with E-state index in [2.05, 4.69) is 11.4 Å². The summed E-state index contributed by atoms with van der Waals surface area (Å²) < 4.78 is 0. The molecule has 0 saturated heterocycles. The van der Waals surface area contributed by atoms with Gasteiger partial charge in [0.15, 0.2) is 0 Å². The van der Waals surface area contributed by atoms with E-state index in [0.717, 1.165) is 5.56 Å². The summed E-state index contributed by atoms with van der Waals surface area (Å²) in [6, 6.07) is 6.12. The fourth-order valence-corrected chi connectivity index (χ4v) is 1.52. The van der Waals surface area contributed by atoms with Crippen molar-refractivity contribution in [3.63, 3.8) is 0 Å². The van der Waals surface area contributed by atoms with Crippen molar-refractivity contribution in [3.05, 3.63) is 41.0 Å². The number of aliphatic hydroxyl groups is 1. The molecule has 0 aromatic heterocycles. The molecule has 0 aliphatic heterocycles. The third-order valence-electron chi connectivity index (χ3n) is 2.08. The fraction of sp³-hybridized carbons (Fsp3) is 0.308. The minimum Gasteiger partial charge on any atom is -0.395 e. The van der Waals surface area contributed by atoms with Gasteiger partial charge < -0.3 is 10.4 Å². The Bertz CT molecular complexity index is 377. The van der Waals surface area contributed by atoms with Gasteiger partial charge in [-0.25, -0.2) is 0 Å². The zero-order chi connectivity index (χ0) is 12.0. The van der Waals surface area contributed by atoms with E-state index in [-0.39, 0.29) is 19.1 Å². The number of carbonyl (C=O) groups is 1. The van der Waals surface area contributed by atoms with Crippen LogP contribution in [0, 0.1) is 13.8 Å². The first-order valence-electron chi connectivity index (χ1n) is 5.27. The topological polar surface area (TPSA) is 49.3 Å². The third kappa shape index (κ3) is 4.28. The number of carbonyl (C=O) groups excluding carboxylic acids is 1. The molecular weight excluding hydrogens is 202 g/mol. The van der Waals surface area contributed by atoms with Crippen molar-refractivity contribution in [3.8, 4) is 0 Å². The summed E-state index contributed by atoms with van der Waals surface area (Å²) in [5, 5.41) is 11.1. The van der Waals surface area contributed by atoms with Gasteiger partial charge in [0.25, 0.3) is 0 Å². The molecule has 1 rings (SSSR count). The van der Waals surface area contributed by atoms with Gasteiger partial charge in [0, 0.05) is 12.6 Å². The first kappa shape index (κ1) is 12.5. The second-order valence-electron chi connectivity index (χ2n) is 3.77. The average Bonchev–Trinajstić information content (AvgIpc) is 2.22. The van der Waals surface area contributed by atoms with Crippen LogP contribution >= 0.6 is 0 Å². The Morgan fingerprint density at radius 3 is 2.50 bits per heavy atom. The SMILES string of the molecule is Cc1cc(C)cc(/C=C/C(=O)NCCO)c1. The summed E-state index contributed by atoms with van der Waals surface area (Å²) in [6.07, 6.45) is 3.25. The van der Waals surface area contributed by atoms with Crippen molar-refractivity contribution in [1.29, 1.82) is 0 Å². The first-order valence-corrected chi connectivity index (χ1v) is 5.27. The summed E-state index contributed by atoms with van der Waals surface area (Å²) in [4.78, 5) is 11.2. The minimum atomic E-state index is -0.187. The van der Waals surface area contributed by atoms with E-state index in [1.165, 1.54) is 17.2 Å². The van der Waals surface area contributed by atoms with Gasteiger partial charge in [0.05, 0.1) is 6.61 Å². The zero-order valence-electron chi connectivity index (χ0n) is 9.66. The molecule has 0 radical (unpaired) electrons. The van der Waals surface area contributed by atoms with E-state index in [1.54, 1.807) is 6.08 Å². The van der Waals surface area contributed by atoms with Crippen LogP contribution in [-0.4, -0.2) is 24.2 Å². The van der Waals surface area contributed by atoms with E-state index in [0.29, 0.717) is 0 Å². The lowest BCUT2D eigenvalue weighted by molar-refractivity contribution is -0.116. The molecule has 1 aromatic carbocycles. The standard InChI is InChI=1S/C13H17NO2/c1-10-7-11(2)9-12(8-10)3-4-13(16)14-5-6-15/h3-4,7-9,15H,5-6H2,1-2H3,(H,14,16)/b4-3+. The van der Waals surface area contributed by atoms with Gasteiger partial charge in [-0.2, -0.15) is 0 Å². The molecule has 0 aliphatic carbocycles. The monoisotopic (exact) mass is 219 g/mol. The van der Waals surface area contributed by atoms with Crippen LogP contribution < -0.4 is 5.32 Å². The second-order valence-corrected chi connectivity index (χ2v) is 3.77. The predicted molar refractivity (Wildman–Crippen MR) is 65.0 cm³/mol. The molecule has 0 spiro atoms. The lowest BCUT2D eigenvalue weighted by atomic mass is 10.1. The molecule has 0 unspecified atom stereocenters. The molecular formula is C13H17NO2. The van der Waals surface area contributed by atoms with Crippen LogP contribution in [0.1, 0.15) is 16.7 Å². The van der Waals surface area contributed by atoms with Crippen molar-refractivity contribution in [2.24, 2.45) is 0 Å². The van der Waals surface area contributed by atoms with Crippen molar-refractivity contribution in [2.75, 3.05) is 13.2 Å². The van der Waals surface area contributed by atoms with Gasteiger partial charge in [-0.3, -0.25) is 4.79 Å². The first-order chi connectivity index (χ1) is 7.61. The number of rotatable bonds is 4. The highest BCUT2D eigenvalue weighted by molar-refractivity contribution is 5.91. The molecule has 0 bridgehead atoms. The van der Waals surface area contributed by atoms with Crippen molar-refractivity contribution in [2.45, 2.75) is 13.8 Å². The molecule has 0 heterocycles. The number of aliphatic hydroxyl groups excluding tert-OH is 1. The molecule has 1 aromatic rings. The summed E-state index contributed by atoms with van der Waals surface area (Å²) in [6.45, 7) is 4.30. The van der Waals surface area contributed by atoms with Crippen LogP contribution in [0.5, 0.6) is 0 Å². The summed E-state index contributed by atoms with van der Waals surface area (Å²) in [5.41, 5.74) is 3.36. The highest BCUT2D eigenvalue weighted by Crippen LogP contribution is 2.10. The third-order valence-corrected chi connectivity index (χ3v) is 2.08. The maximum Gasteiger partial charge on any atom is 0.244 e. The van der Waals surface area contributed by atoms with Crippen LogP contribution in [0.25, 0.3) is 6.08 Å². The van der Waals surface area contributed by atoms with Gasteiger partial charge in [0.1, 0.15) is 0 Å². The van der Waals surface area contributed by atoms with Crippen LogP contribution in [0.4, 0.5) is 0 Å². The number of aryl methyl sites for hydroxylation is 2. The largest absolute Gasteiger partial charge is 0.395 e. The molecule has 0 saturated carbocycles. The van der Waals surface area contributed by atoms with E-state index in [9.17, 15) is 4.79 Å². The van der Waals surface area contributed by atoms with Crippen LogP contribution in [0.15, 0.2) is 24.3 Å². The smallest absolute Gasteiger partial charge is 0.244 e. The predicted octanol–water partition coefficient (Wildman–Crippen LogP) is 1.43. The van der Waals surface area contributed by atoms with E-state index in [1.807, 2.05) is 26.0 Å². The Balaban J connectivity index is 2.65. The summed E-state index contributed by atoms with van der Waals surface area (Å²) in [5.74, 6) is -0.187. The molecule has 86 valence electrons. The summed E-state index contributed by atoms with van der Waals surface area (Å²) in [7, 11) is 0. The highest BCUT2D eigenvalue weighted by atomic mass is 16.3. The van der Waals surface area contributed by atoms with Crippen molar-refractivity contribution in [1.82, 2.24) is 5.32 Å². The normalized spacial score (nSPS) is 10.7. The molecule has 1 amide bonds. The maximum atomic E-state index is 11.2. The molecule has 16 heavy (non-hydrogen) atoms. The number of benzene rings is 1. The Hall–Kier alpha value is -1.61. The van der Waals surface area contributed by atoms with Gasteiger partial charge >= 0.3 is 0 Å². The number of hydrogen-bond acceptors (Lipinski definition) is 2. The van der Waals surface area contributed by atoms with Crippen LogP contribution in [0.3, 0.4) is 0 Å². The van der Waals surface area contributed by atoms with E-state index >= 15 is 0 Å². The Morgan fingerprint density at radius 1 is 1.31 bits per heavy atom. The Morgan fingerprint density at radius 2 is 1.94 bits per heavy atom. The summed E-state index contributed by atoms with van der Waals surface area (Å²) >= 11 is 0. The number of amides is 1. The quantitative estimate of drug-likeness (QED) is 0.752. The zero-order valence-corrected chi connectivity index (χ0v) is 9.66. The van der Waals surface area contributed by atoms with Crippen LogP contribution in [-0.2, 0) is 4.79 Å². The lowest BCUT2D eigenvalue weighted by Gasteiger charge is -2.00. The Kier molecular flexibility index (Phi) is 4.73. The molecule has 3 nitrogen and oxygen atoms in total. The minimum absolute atomic E-state index is 0.0386. The van der Waals surface area contributed by atoms with Crippen molar-refractivity contribution < 1.29 is 9.90 Å². The lowest BCUT2D eigenvalue weighted by Crippen LogP contribution is -2.24. The number of nitrogens with one attached hydrogen (secondary N) is 1. The van der Waals surface area contributed by atoms with Crippen LogP contribution in [0.2, 0.25) is 0 Å². The van der Waals surface area contributed by atoms with Crippen molar-refractivity contribution >= 4 is 12.0 Å². The Labute approximate surface area is 95.8 Å². The molecule has 3 heteroatoms. The second kappa shape index (κ2) is 6.08. The maximum absolute atomic E-state index is 11.2. The van der Waals surface area contributed by atoms with Gasteiger partial charge in [-0.15, -0.1) is 0 Å². The highest BCUT2D eigenvalue weighted by Gasteiger charge is 1.95. The molecule has 0 atom stereocenters. The number of hydrogen-bond donors (Lipinski definition) is 2. The van der Waals surface area contributed by atoms with Gasteiger partial charge in [-0.05, 0) is 25.5 Å². The average molecular weight is 219 g/mol.